The first-order valence-corrected chi connectivity index (χ1v) is 5.74. The number of carbonyl (C=O) groups excluding carboxylic acids is 1. The SMILES string of the molecule is COC(=O)c1ccc(CNc2ccccc2C#N)[nH]1. The molecule has 0 unspecified atom stereocenters. The summed E-state index contributed by atoms with van der Waals surface area (Å²) in [7, 11) is 1.34. The van der Waals surface area contributed by atoms with E-state index in [1.165, 1.54) is 7.11 Å². The number of H-pyrrole nitrogens is 1. The van der Waals surface area contributed by atoms with Gasteiger partial charge in [-0.15, -0.1) is 0 Å². The first-order valence-electron chi connectivity index (χ1n) is 5.74. The normalized spacial score (nSPS) is 9.68. The van der Waals surface area contributed by atoms with Gasteiger partial charge < -0.3 is 15.0 Å². The van der Waals surface area contributed by atoms with E-state index in [0.29, 0.717) is 17.8 Å². The average Bonchev–Trinajstić information content (AvgIpc) is 2.93. The molecule has 0 bridgehead atoms. The molecule has 5 heteroatoms. The minimum atomic E-state index is -0.399. The molecule has 1 heterocycles. The molecule has 19 heavy (non-hydrogen) atoms. The maximum atomic E-state index is 11.3. The van der Waals surface area contributed by atoms with Crippen molar-refractivity contribution in [2.75, 3.05) is 12.4 Å². The summed E-state index contributed by atoms with van der Waals surface area (Å²) in [5.41, 5.74) is 2.60. The Kier molecular flexibility index (Phi) is 3.84. The molecule has 0 aliphatic carbocycles. The van der Waals surface area contributed by atoms with Gasteiger partial charge in [0.05, 0.1) is 24.9 Å². The molecule has 2 N–H and O–H groups in total. The fourth-order valence-corrected chi connectivity index (χ4v) is 1.70. The number of benzene rings is 1. The van der Waals surface area contributed by atoms with Gasteiger partial charge in [-0.2, -0.15) is 5.26 Å². The van der Waals surface area contributed by atoms with E-state index in [1.54, 1.807) is 18.2 Å². The number of hydrogen-bond donors (Lipinski definition) is 2. The molecule has 1 aromatic carbocycles. The van der Waals surface area contributed by atoms with Crippen molar-refractivity contribution in [3.63, 3.8) is 0 Å². The van der Waals surface area contributed by atoms with E-state index >= 15 is 0 Å². The van der Waals surface area contributed by atoms with Crippen LogP contribution in [0.3, 0.4) is 0 Å². The number of carbonyl (C=O) groups is 1. The summed E-state index contributed by atoms with van der Waals surface area (Å²) in [6.07, 6.45) is 0. The summed E-state index contributed by atoms with van der Waals surface area (Å²) in [4.78, 5) is 14.2. The van der Waals surface area contributed by atoms with Gasteiger partial charge in [0.1, 0.15) is 11.8 Å². The number of methoxy groups -OCH3 is 1. The minimum absolute atomic E-state index is 0.399. The number of para-hydroxylation sites is 1. The first kappa shape index (κ1) is 12.7. The van der Waals surface area contributed by atoms with E-state index < -0.39 is 5.97 Å². The zero-order valence-electron chi connectivity index (χ0n) is 10.4. The number of nitriles is 1. The molecule has 0 fully saturated rings. The predicted molar refractivity (Wildman–Crippen MR) is 70.6 cm³/mol. The highest BCUT2D eigenvalue weighted by atomic mass is 16.5. The molecule has 0 aliphatic heterocycles. The maximum absolute atomic E-state index is 11.3. The number of aromatic nitrogens is 1. The molecular weight excluding hydrogens is 242 g/mol. The smallest absolute Gasteiger partial charge is 0.354 e. The van der Waals surface area contributed by atoms with Crippen LogP contribution in [0.1, 0.15) is 21.7 Å². The Hall–Kier alpha value is -2.74. The van der Waals surface area contributed by atoms with Crippen molar-refractivity contribution in [2.24, 2.45) is 0 Å². The van der Waals surface area contributed by atoms with Gasteiger partial charge in [-0.25, -0.2) is 4.79 Å². The predicted octanol–water partition coefficient (Wildman–Crippen LogP) is 2.29. The first-order chi connectivity index (χ1) is 9.24. The molecule has 0 radical (unpaired) electrons. The Morgan fingerprint density at radius 1 is 1.37 bits per heavy atom. The Labute approximate surface area is 110 Å². The number of rotatable bonds is 4. The van der Waals surface area contributed by atoms with Gasteiger partial charge in [-0.05, 0) is 24.3 Å². The molecule has 1 aromatic heterocycles. The van der Waals surface area contributed by atoms with Gasteiger partial charge >= 0.3 is 5.97 Å². The van der Waals surface area contributed by atoms with Gasteiger partial charge in [-0.1, -0.05) is 12.1 Å². The Bertz CT molecular complexity index is 626. The van der Waals surface area contributed by atoms with Gasteiger partial charge in [0.15, 0.2) is 0 Å². The number of nitrogens with one attached hydrogen (secondary N) is 2. The molecule has 96 valence electrons. The highest BCUT2D eigenvalue weighted by Crippen LogP contribution is 2.14. The third-order valence-corrected chi connectivity index (χ3v) is 2.67. The molecule has 0 aliphatic rings. The van der Waals surface area contributed by atoms with Crippen molar-refractivity contribution in [1.82, 2.24) is 4.98 Å². The third kappa shape index (κ3) is 2.93. The molecule has 0 spiro atoms. The highest BCUT2D eigenvalue weighted by Gasteiger charge is 2.08. The van der Waals surface area contributed by atoms with Crippen LogP contribution in [-0.2, 0) is 11.3 Å². The second kappa shape index (κ2) is 5.74. The van der Waals surface area contributed by atoms with Crippen molar-refractivity contribution in [2.45, 2.75) is 6.54 Å². The molecule has 2 aromatic rings. The van der Waals surface area contributed by atoms with Crippen molar-refractivity contribution in [1.29, 1.82) is 5.26 Å². The molecule has 0 atom stereocenters. The molecule has 0 amide bonds. The van der Waals surface area contributed by atoms with E-state index in [9.17, 15) is 4.79 Å². The summed E-state index contributed by atoms with van der Waals surface area (Å²) in [5, 5.41) is 12.1. The van der Waals surface area contributed by atoms with Crippen LogP contribution < -0.4 is 5.32 Å². The fraction of sp³-hybridized carbons (Fsp3) is 0.143. The van der Waals surface area contributed by atoms with Crippen LogP contribution >= 0.6 is 0 Å². The lowest BCUT2D eigenvalue weighted by atomic mass is 10.2. The summed E-state index contributed by atoms with van der Waals surface area (Å²) in [6, 6.07) is 12.8. The van der Waals surface area contributed by atoms with E-state index in [0.717, 1.165) is 11.4 Å². The molecular formula is C14H13N3O2. The largest absolute Gasteiger partial charge is 0.464 e. The van der Waals surface area contributed by atoms with Crippen molar-refractivity contribution < 1.29 is 9.53 Å². The summed E-state index contributed by atoms with van der Waals surface area (Å²) in [5.74, 6) is -0.399. The lowest BCUT2D eigenvalue weighted by Gasteiger charge is -2.06. The van der Waals surface area contributed by atoms with E-state index in [2.05, 4.69) is 21.1 Å². The van der Waals surface area contributed by atoms with E-state index in [-0.39, 0.29) is 0 Å². The van der Waals surface area contributed by atoms with Crippen LogP contribution in [0.5, 0.6) is 0 Å². The van der Waals surface area contributed by atoms with Crippen LogP contribution in [0.15, 0.2) is 36.4 Å². The fourth-order valence-electron chi connectivity index (χ4n) is 1.70. The zero-order valence-corrected chi connectivity index (χ0v) is 10.4. The lowest BCUT2D eigenvalue weighted by molar-refractivity contribution is 0.0594. The zero-order chi connectivity index (χ0) is 13.7. The second-order valence-electron chi connectivity index (χ2n) is 3.90. The number of hydrogen-bond acceptors (Lipinski definition) is 4. The number of ether oxygens (including phenoxy) is 1. The van der Waals surface area contributed by atoms with E-state index in [1.807, 2.05) is 18.2 Å². The van der Waals surface area contributed by atoms with Crippen LogP contribution in [0, 0.1) is 11.3 Å². The van der Waals surface area contributed by atoms with Gasteiger partial charge in [0.25, 0.3) is 0 Å². The van der Waals surface area contributed by atoms with E-state index in [4.69, 9.17) is 5.26 Å². The topological polar surface area (TPSA) is 77.9 Å². The van der Waals surface area contributed by atoms with Gasteiger partial charge in [0.2, 0.25) is 0 Å². The standard InChI is InChI=1S/C14H13N3O2/c1-19-14(18)13-7-6-11(17-13)9-16-12-5-3-2-4-10(12)8-15/h2-7,16-17H,9H2,1H3. The third-order valence-electron chi connectivity index (χ3n) is 2.67. The minimum Gasteiger partial charge on any atom is -0.464 e. The average molecular weight is 255 g/mol. The second-order valence-corrected chi connectivity index (χ2v) is 3.90. The van der Waals surface area contributed by atoms with Crippen LogP contribution in [0.4, 0.5) is 5.69 Å². The maximum Gasteiger partial charge on any atom is 0.354 e. The Morgan fingerprint density at radius 2 is 2.16 bits per heavy atom. The molecule has 0 saturated heterocycles. The van der Waals surface area contributed by atoms with Crippen LogP contribution in [0.2, 0.25) is 0 Å². The summed E-state index contributed by atoms with van der Waals surface area (Å²) in [6.45, 7) is 0.496. The number of aromatic amines is 1. The van der Waals surface area contributed by atoms with Crippen molar-refractivity contribution >= 4 is 11.7 Å². The van der Waals surface area contributed by atoms with Crippen molar-refractivity contribution in [3.8, 4) is 6.07 Å². The quantitative estimate of drug-likeness (QED) is 0.821. The molecule has 2 rings (SSSR count). The van der Waals surface area contributed by atoms with Crippen LogP contribution in [-0.4, -0.2) is 18.1 Å². The van der Waals surface area contributed by atoms with Crippen molar-refractivity contribution in [3.05, 3.63) is 53.3 Å². The van der Waals surface area contributed by atoms with Gasteiger partial charge in [-0.3, -0.25) is 0 Å². The van der Waals surface area contributed by atoms with Gasteiger partial charge in [0, 0.05) is 5.69 Å². The molecule has 5 nitrogen and oxygen atoms in total. The summed E-state index contributed by atoms with van der Waals surface area (Å²) < 4.78 is 4.62. The molecule has 0 saturated carbocycles. The Balaban J connectivity index is 2.05. The summed E-state index contributed by atoms with van der Waals surface area (Å²) >= 11 is 0. The number of nitrogens with zero attached hydrogens (tertiary/aromatic N) is 1. The number of anilines is 1. The monoisotopic (exact) mass is 255 g/mol. The number of esters is 1. The lowest BCUT2D eigenvalue weighted by Crippen LogP contribution is -2.04. The highest BCUT2D eigenvalue weighted by molar-refractivity contribution is 5.87. The van der Waals surface area contributed by atoms with Crippen LogP contribution in [0.25, 0.3) is 0 Å². The Morgan fingerprint density at radius 3 is 2.89 bits per heavy atom.